The molecule has 0 radical (unpaired) electrons. The molecule has 0 fully saturated rings. The average Bonchev–Trinajstić information content (AvgIpc) is 2.78. The predicted molar refractivity (Wildman–Crippen MR) is 114 cm³/mol. The second-order valence-corrected chi connectivity index (χ2v) is 7.61. The number of halogens is 8. The zero-order valence-electron chi connectivity index (χ0n) is 18.2. The van der Waals surface area contributed by atoms with Crippen molar-refractivity contribution in [1.29, 1.82) is 0 Å². The lowest BCUT2D eigenvalue weighted by molar-refractivity contribution is -0.360. The lowest BCUT2D eigenvalue weighted by Gasteiger charge is -2.29. The van der Waals surface area contributed by atoms with Gasteiger partial charge in [0.2, 0.25) is 0 Å². The third-order valence-corrected chi connectivity index (χ3v) is 4.78. The van der Waals surface area contributed by atoms with Crippen LogP contribution in [0, 0.1) is 0 Å². The first-order valence-electron chi connectivity index (χ1n) is 10.3. The summed E-state index contributed by atoms with van der Waals surface area (Å²) in [6, 6.07) is 18.5. The highest BCUT2D eigenvalue weighted by molar-refractivity contribution is 5.52. The standard InChI is InChI=1S/C24H19F8NO3/c25-22(26,27)21(34)15-33(17-7-5-10-19(13-17)35-18-8-2-1-3-9-18)14-16-6-4-11-20(12-16)36-24(31,32)23(28,29)30/h1-13,21,34H,14-15H2/t21-/m1/s1. The maximum atomic E-state index is 13.3. The number of alkyl halides is 8. The van der Waals surface area contributed by atoms with Crippen LogP contribution in [-0.4, -0.2) is 36.2 Å². The molecule has 0 aliphatic heterocycles. The molecular formula is C24H19F8NO3. The summed E-state index contributed by atoms with van der Waals surface area (Å²) in [5.74, 6) is -0.133. The van der Waals surface area contributed by atoms with Crippen LogP contribution in [0.3, 0.4) is 0 Å². The Morgan fingerprint density at radius 2 is 1.33 bits per heavy atom. The fraction of sp³-hybridized carbons (Fsp3) is 0.250. The minimum Gasteiger partial charge on any atom is -0.457 e. The molecule has 0 unspecified atom stereocenters. The number of rotatable bonds is 9. The molecule has 3 aromatic rings. The van der Waals surface area contributed by atoms with Gasteiger partial charge in [0.05, 0.1) is 6.54 Å². The smallest absolute Gasteiger partial charge is 0.457 e. The number of aliphatic hydroxyl groups excluding tert-OH is 1. The number of benzene rings is 3. The van der Waals surface area contributed by atoms with Gasteiger partial charge in [-0.15, -0.1) is 0 Å². The molecule has 0 saturated heterocycles. The summed E-state index contributed by atoms with van der Waals surface area (Å²) in [7, 11) is 0. The van der Waals surface area contributed by atoms with Gasteiger partial charge in [-0.1, -0.05) is 36.4 Å². The molecule has 12 heteroatoms. The quantitative estimate of drug-likeness (QED) is 0.310. The van der Waals surface area contributed by atoms with Crippen molar-refractivity contribution in [2.24, 2.45) is 0 Å². The minimum absolute atomic E-state index is 0.0502. The molecule has 0 spiro atoms. The Bertz CT molecular complexity index is 1140. The summed E-state index contributed by atoms with van der Waals surface area (Å²) < 4.78 is 113. The van der Waals surface area contributed by atoms with Crippen molar-refractivity contribution in [2.75, 3.05) is 11.4 Å². The minimum atomic E-state index is -5.97. The van der Waals surface area contributed by atoms with Crippen LogP contribution in [0.2, 0.25) is 0 Å². The third-order valence-electron chi connectivity index (χ3n) is 4.78. The van der Waals surface area contributed by atoms with Crippen LogP contribution in [-0.2, 0) is 6.54 Å². The number of ether oxygens (including phenoxy) is 2. The number of anilines is 1. The summed E-state index contributed by atoms with van der Waals surface area (Å²) in [5.41, 5.74) is 0.216. The summed E-state index contributed by atoms with van der Waals surface area (Å²) in [4.78, 5) is 1.08. The first-order valence-corrected chi connectivity index (χ1v) is 10.3. The van der Waals surface area contributed by atoms with Crippen LogP contribution >= 0.6 is 0 Å². The molecule has 0 amide bonds. The second-order valence-electron chi connectivity index (χ2n) is 7.61. The van der Waals surface area contributed by atoms with Crippen molar-refractivity contribution >= 4 is 5.69 Å². The SMILES string of the molecule is O[C@H](CN(Cc1cccc(OC(F)(F)C(F)(F)F)c1)c1cccc(Oc2ccccc2)c1)C(F)(F)F. The molecular weight excluding hydrogens is 502 g/mol. The molecule has 0 bridgehead atoms. The first kappa shape index (κ1) is 27.1. The predicted octanol–water partition coefficient (Wildman–Crippen LogP) is 6.94. The number of aliphatic hydroxyl groups is 1. The molecule has 194 valence electrons. The molecule has 0 aliphatic rings. The summed E-state index contributed by atoms with van der Waals surface area (Å²) in [6.45, 7) is -1.35. The maximum absolute atomic E-state index is 13.3. The molecule has 36 heavy (non-hydrogen) atoms. The van der Waals surface area contributed by atoms with Crippen molar-refractivity contribution in [1.82, 2.24) is 0 Å². The molecule has 3 aromatic carbocycles. The lowest BCUT2D eigenvalue weighted by atomic mass is 10.1. The first-order chi connectivity index (χ1) is 16.7. The molecule has 0 heterocycles. The van der Waals surface area contributed by atoms with Gasteiger partial charge in [-0.05, 0) is 42.0 Å². The lowest BCUT2D eigenvalue weighted by Crippen LogP contribution is -2.42. The van der Waals surface area contributed by atoms with Gasteiger partial charge in [-0.3, -0.25) is 0 Å². The molecule has 3 rings (SSSR count). The average molecular weight is 521 g/mol. The van der Waals surface area contributed by atoms with Crippen molar-refractivity contribution in [3.8, 4) is 17.2 Å². The van der Waals surface area contributed by atoms with E-state index in [1.807, 2.05) is 0 Å². The molecule has 0 aromatic heterocycles. The van der Waals surface area contributed by atoms with Crippen LogP contribution in [0.4, 0.5) is 40.8 Å². The van der Waals surface area contributed by atoms with Crippen molar-refractivity contribution in [3.05, 3.63) is 84.4 Å². The Morgan fingerprint density at radius 1 is 0.722 bits per heavy atom. The zero-order chi connectivity index (χ0) is 26.6. The monoisotopic (exact) mass is 521 g/mol. The molecule has 1 N–H and O–H groups in total. The van der Waals surface area contributed by atoms with Crippen molar-refractivity contribution in [2.45, 2.75) is 31.1 Å². The largest absolute Gasteiger partial charge is 0.499 e. The van der Waals surface area contributed by atoms with Crippen LogP contribution in [0.1, 0.15) is 5.56 Å². The number of nitrogens with zero attached hydrogens (tertiary/aromatic N) is 1. The van der Waals surface area contributed by atoms with E-state index in [1.54, 1.807) is 36.4 Å². The fourth-order valence-corrected chi connectivity index (χ4v) is 3.08. The number of hydrogen-bond donors (Lipinski definition) is 1. The van der Waals surface area contributed by atoms with Crippen LogP contribution in [0.15, 0.2) is 78.9 Å². The Morgan fingerprint density at radius 3 is 1.97 bits per heavy atom. The van der Waals surface area contributed by atoms with Crippen LogP contribution in [0.5, 0.6) is 17.2 Å². The maximum Gasteiger partial charge on any atom is 0.499 e. The second kappa shape index (κ2) is 10.6. The summed E-state index contributed by atoms with van der Waals surface area (Å²) >= 11 is 0. The third kappa shape index (κ3) is 7.23. The topological polar surface area (TPSA) is 41.9 Å². The van der Waals surface area contributed by atoms with E-state index in [-0.39, 0.29) is 17.0 Å². The Labute approximate surface area is 200 Å². The highest BCUT2D eigenvalue weighted by atomic mass is 19.4. The highest BCUT2D eigenvalue weighted by Gasteiger charge is 2.61. The summed E-state index contributed by atoms with van der Waals surface area (Å²) in [5, 5.41) is 9.65. The molecule has 4 nitrogen and oxygen atoms in total. The van der Waals surface area contributed by atoms with Crippen molar-refractivity contribution in [3.63, 3.8) is 0 Å². The van der Waals surface area contributed by atoms with E-state index in [1.165, 1.54) is 24.3 Å². The Hall–Kier alpha value is -3.54. The Balaban J connectivity index is 1.88. The molecule has 0 aliphatic carbocycles. The van der Waals surface area contributed by atoms with Gasteiger partial charge < -0.3 is 19.5 Å². The van der Waals surface area contributed by atoms with Gasteiger partial charge in [0.1, 0.15) is 17.2 Å². The fourth-order valence-electron chi connectivity index (χ4n) is 3.08. The van der Waals surface area contributed by atoms with E-state index in [0.29, 0.717) is 5.75 Å². The molecule has 1 atom stereocenters. The number of para-hydroxylation sites is 1. The van der Waals surface area contributed by atoms with E-state index in [2.05, 4.69) is 4.74 Å². The highest BCUT2D eigenvalue weighted by Crippen LogP contribution is 2.37. The van der Waals surface area contributed by atoms with Gasteiger partial charge in [0.15, 0.2) is 6.10 Å². The van der Waals surface area contributed by atoms with E-state index in [9.17, 15) is 40.2 Å². The molecule has 0 saturated carbocycles. The van der Waals surface area contributed by atoms with Gasteiger partial charge in [-0.25, -0.2) is 0 Å². The van der Waals surface area contributed by atoms with Gasteiger partial charge >= 0.3 is 18.5 Å². The van der Waals surface area contributed by atoms with E-state index in [4.69, 9.17) is 4.74 Å². The number of hydrogen-bond acceptors (Lipinski definition) is 4. The summed E-state index contributed by atoms with van der Waals surface area (Å²) in [6.07, 6.45) is -19.2. The zero-order valence-corrected chi connectivity index (χ0v) is 18.2. The van der Waals surface area contributed by atoms with Crippen LogP contribution in [0.25, 0.3) is 0 Å². The van der Waals surface area contributed by atoms with Crippen molar-refractivity contribution < 1.29 is 49.7 Å². The van der Waals surface area contributed by atoms with E-state index >= 15 is 0 Å². The van der Waals surface area contributed by atoms with Gasteiger partial charge in [-0.2, -0.15) is 35.1 Å². The van der Waals surface area contributed by atoms with Gasteiger partial charge in [0, 0.05) is 18.3 Å². The van der Waals surface area contributed by atoms with Gasteiger partial charge in [0.25, 0.3) is 0 Å². The Kier molecular flexibility index (Phi) is 7.97. The normalized spacial score (nSPS) is 13.2. The van der Waals surface area contributed by atoms with E-state index < -0.39 is 43.4 Å². The van der Waals surface area contributed by atoms with Crippen LogP contribution < -0.4 is 14.4 Å². The van der Waals surface area contributed by atoms with E-state index in [0.717, 1.165) is 23.1 Å².